The average Bonchev–Trinajstić information content (AvgIpc) is 3.23. The predicted octanol–water partition coefficient (Wildman–Crippen LogP) is 1.61. The van der Waals surface area contributed by atoms with Gasteiger partial charge in [-0.05, 0) is 19.8 Å². The molecule has 2 fully saturated rings. The first-order chi connectivity index (χ1) is 16.8. The Morgan fingerprint density at radius 1 is 1.33 bits per heavy atom. The summed E-state index contributed by atoms with van der Waals surface area (Å²) in [6, 6.07) is 1.02. The highest BCUT2D eigenvalue weighted by atomic mass is 32.2. The van der Waals surface area contributed by atoms with Crippen LogP contribution in [0.5, 0.6) is 5.88 Å². The van der Waals surface area contributed by atoms with Crippen molar-refractivity contribution < 1.29 is 31.4 Å². The number of anilines is 1. The van der Waals surface area contributed by atoms with Gasteiger partial charge in [0.05, 0.1) is 18.4 Å². The van der Waals surface area contributed by atoms with Crippen LogP contribution in [0.2, 0.25) is 0 Å². The summed E-state index contributed by atoms with van der Waals surface area (Å²) in [5.74, 6) is -3.34. The van der Waals surface area contributed by atoms with Crippen molar-refractivity contribution in [2.24, 2.45) is 7.05 Å². The zero-order chi connectivity index (χ0) is 26.3. The van der Waals surface area contributed by atoms with Crippen LogP contribution in [-0.4, -0.2) is 80.5 Å². The second kappa shape index (κ2) is 9.49. The van der Waals surface area contributed by atoms with Gasteiger partial charge in [-0.15, -0.1) is 0 Å². The summed E-state index contributed by atoms with van der Waals surface area (Å²) in [4.78, 5) is 8.07. The first-order valence-corrected chi connectivity index (χ1v) is 12.7. The van der Waals surface area contributed by atoms with E-state index in [2.05, 4.69) is 20.4 Å². The molecule has 11 nitrogen and oxygen atoms in total. The van der Waals surface area contributed by atoms with Crippen LogP contribution in [0.4, 0.5) is 19.1 Å². The molecule has 4 rings (SSSR count). The first-order valence-electron chi connectivity index (χ1n) is 11.2. The Bertz CT molecular complexity index is 1260. The van der Waals surface area contributed by atoms with Crippen molar-refractivity contribution in [1.29, 1.82) is 5.26 Å². The summed E-state index contributed by atoms with van der Waals surface area (Å²) in [5.41, 5.74) is -1.94. The van der Waals surface area contributed by atoms with Crippen molar-refractivity contribution in [2.75, 3.05) is 18.4 Å². The third-order valence-corrected chi connectivity index (χ3v) is 8.17. The lowest BCUT2D eigenvalue weighted by Gasteiger charge is -2.40. The number of piperidine rings is 1. The number of aromatic nitrogens is 4. The number of halogens is 3. The van der Waals surface area contributed by atoms with Crippen LogP contribution in [0.1, 0.15) is 38.2 Å². The molecule has 1 saturated heterocycles. The van der Waals surface area contributed by atoms with E-state index in [0.29, 0.717) is 0 Å². The maximum atomic E-state index is 15.0. The fourth-order valence-corrected chi connectivity index (χ4v) is 5.86. The van der Waals surface area contributed by atoms with Gasteiger partial charge in [0.25, 0.3) is 5.92 Å². The Morgan fingerprint density at radius 2 is 2.08 bits per heavy atom. The third-order valence-electron chi connectivity index (χ3n) is 6.35. The van der Waals surface area contributed by atoms with Gasteiger partial charge in [0.2, 0.25) is 21.9 Å². The van der Waals surface area contributed by atoms with Gasteiger partial charge < -0.3 is 15.2 Å². The fraction of sp³-hybridized carbons (Fsp3) is 0.619. The molecule has 2 aromatic rings. The topological polar surface area (TPSA) is 146 Å². The minimum Gasteiger partial charge on any atom is -0.470 e. The zero-order valence-corrected chi connectivity index (χ0v) is 20.4. The number of nitrogens with zero attached hydrogens (tertiary/aromatic N) is 6. The van der Waals surface area contributed by atoms with E-state index in [1.807, 2.05) is 6.07 Å². The molecule has 0 unspecified atom stereocenters. The molecule has 0 amide bonds. The van der Waals surface area contributed by atoms with Gasteiger partial charge in [-0.3, -0.25) is 4.68 Å². The zero-order valence-electron chi connectivity index (χ0n) is 19.6. The number of ether oxygens (including phenoxy) is 1. The summed E-state index contributed by atoms with van der Waals surface area (Å²) in [5, 5.41) is 26.5. The van der Waals surface area contributed by atoms with Gasteiger partial charge in [0.15, 0.2) is 0 Å². The van der Waals surface area contributed by atoms with Crippen LogP contribution in [0.25, 0.3) is 0 Å². The average molecular weight is 530 g/mol. The molecule has 2 aromatic heterocycles. The number of nitrogens with one attached hydrogen (secondary N) is 1. The van der Waals surface area contributed by atoms with E-state index in [1.54, 1.807) is 7.05 Å². The van der Waals surface area contributed by atoms with Crippen molar-refractivity contribution in [3.05, 3.63) is 24.2 Å². The molecule has 1 aliphatic heterocycles. The molecule has 196 valence electrons. The van der Waals surface area contributed by atoms with Crippen LogP contribution in [0.15, 0.2) is 23.5 Å². The standard InChI is InChI=1S/C21H26F3N7O4S/c1-20(32)12-21(23,24)5-3-17(20)35-18-13(7-25)8-26-19(29-18)28-16-4-6-31(11-15(16)22)36(33,34)14-9-27-30(2)10-14/h8-10,15-17,32H,3-6,11-12H2,1-2H3,(H,26,28,29)/t15-,16+,17-,20+/m0/s1. The van der Waals surface area contributed by atoms with Crippen LogP contribution in [0, 0.1) is 11.3 Å². The maximum Gasteiger partial charge on any atom is 0.251 e. The quantitative estimate of drug-likeness (QED) is 0.570. The summed E-state index contributed by atoms with van der Waals surface area (Å²) in [6.45, 7) is 0.875. The number of rotatable bonds is 6. The Morgan fingerprint density at radius 3 is 2.69 bits per heavy atom. The summed E-state index contributed by atoms with van der Waals surface area (Å²) >= 11 is 0. The molecular weight excluding hydrogens is 503 g/mol. The van der Waals surface area contributed by atoms with Gasteiger partial charge in [-0.1, -0.05) is 0 Å². The number of hydrogen-bond acceptors (Lipinski definition) is 9. The van der Waals surface area contributed by atoms with E-state index < -0.39 is 59.3 Å². The Labute approximate surface area is 205 Å². The minimum absolute atomic E-state index is 0.0304. The predicted molar refractivity (Wildman–Crippen MR) is 119 cm³/mol. The largest absolute Gasteiger partial charge is 0.470 e. The van der Waals surface area contributed by atoms with E-state index in [9.17, 15) is 32.0 Å². The van der Waals surface area contributed by atoms with Crippen molar-refractivity contribution in [1.82, 2.24) is 24.1 Å². The number of sulfonamides is 1. The molecule has 1 saturated carbocycles. The number of aliphatic hydroxyl groups is 1. The van der Waals surface area contributed by atoms with Gasteiger partial charge >= 0.3 is 0 Å². The van der Waals surface area contributed by atoms with Crippen molar-refractivity contribution in [3.63, 3.8) is 0 Å². The Kier molecular flexibility index (Phi) is 6.88. The smallest absolute Gasteiger partial charge is 0.251 e. The molecule has 0 spiro atoms. The highest BCUT2D eigenvalue weighted by Gasteiger charge is 2.49. The molecule has 2 N–H and O–H groups in total. The van der Waals surface area contributed by atoms with E-state index in [4.69, 9.17) is 4.74 Å². The second-order valence-electron chi connectivity index (χ2n) is 9.33. The van der Waals surface area contributed by atoms with Crippen LogP contribution in [-0.2, 0) is 17.1 Å². The maximum absolute atomic E-state index is 15.0. The molecule has 1 aliphatic carbocycles. The van der Waals surface area contributed by atoms with Crippen LogP contribution in [0.3, 0.4) is 0 Å². The molecule has 0 bridgehead atoms. The van der Waals surface area contributed by atoms with Crippen molar-refractivity contribution in [2.45, 2.75) is 67.3 Å². The molecule has 2 aliphatic rings. The summed E-state index contributed by atoms with van der Waals surface area (Å²) < 4.78 is 76.0. The highest BCUT2D eigenvalue weighted by Crippen LogP contribution is 2.41. The number of nitriles is 1. The van der Waals surface area contributed by atoms with Gasteiger partial charge in [0.1, 0.15) is 34.4 Å². The lowest BCUT2D eigenvalue weighted by atomic mass is 9.81. The first kappa shape index (κ1) is 26.1. The molecular formula is C21H26F3N7O4S. The second-order valence-corrected chi connectivity index (χ2v) is 11.3. The molecule has 3 heterocycles. The molecule has 4 atom stereocenters. The van der Waals surface area contributed by atoms with E-state index >= 15 is 0 Å². The van der Waals surface area contributed by atoms with Crippen LogP contribution >= 0.6 is 0 Å². The van der Waals surface area contributed by atoms with Crippen molar-refractivity contribution in [3.8, 4) is 11.9 Å². The number of hydrogen-bond donors (Lipinski definition) is 2. The molecule has 15 heteroatoms. The van der Waals surface area contributed by atoms with Crippen LogP contribution < -0.4 is 10.1 Å². The molecule has 0 radical (unpaired) electrons. The molecule has 0 aromatic carbocycles. The third kappa shape index (κ3) is 5.40. The number of aryl methyl sites for hydroxylation is 1. The molecule has 36 heavy (non-hydrogen) atoms. The highest BCUT2D eigenvalue weighted by molar-refractivity contribution is 7.89. The number of alkyl halides is 3. The Balaban J connectivity index is 1.45. The van der Waals surface area contributed by atoms with Gasteiger partial charge in [-0.25, -0.2) is 26.6 Å². The van der Waals surface area contributed by atoms with Gasteiger partial charge in [-0.2, -0.15) is 19.6 Å². The van der Waals surface area contributed by atoms with Gasteiger partial charge in [0, 0.05) is 39.2 Å². The normalized spacial score (nSPS) is 28.9. The lowest BCUT2D eigenvalue weighted by Crippen LogP contribution is -2.51. The summed E-state index contributed by atoms with van der Waals surface area (Å²) in [7, 11) is -2.33. The van der Waals surface area contributed by atoms with E-state index in [-0.39, 0.29) is 41.7 Å². The lowest BCUT2D eigenvalue weighted by molar-refractivity contribution is -0.162. The fourth-order valence-electron chi connectivity index (χ4n) is 4.41. The van der Waals surface area contributed by atoms with Crippen molar-refractivity contribution >= 4 is 16.0 Å². The SMILES string of the molecule is Cn1cc(S(=O)(=O)N2CC[C@@H](Nc3ncc(C#N)c(O[C@H]4CCC(F)(F)C[C@@]4(C)O)n3)[C@@H](F)C2)cn1. The Hall–Kier alpha value is -2.96. The minimum atomic E-state index is -3.90. The van der Waals surface area contributed by atoms with E-state index in [1.165, 1.54) is 24.0 Å². The van der Waals surface area contributed by atoms with E-state index in [0.717, 1.165) is 10.5 Å². The monoisotopic (exact) mass is 529 g/mol. The summed E-state index contributed by atoms with van der Waals surface area (Å²) in [6.07, 6.45) is -0.305.